The maximum atomic E-state index is 14.7. The number of esters is 1. The number of ether oxygens (including phenoxy) is 4. The predicted octanol–water partition coefficient (Wildman–Crippen LogP) is 4.44. The normalized spacial score (nSPS) is 34.9. The van der Waals surface area contributed by atoms with E-state index < -0.39 is 88.0 Å². The fraction of sp³-hybridized carbons (Fsp3) is 0.595. The fourth-order valence-electron chi connectivity index (χ4n) is 9.44. The van der Waals surface area contributed by atoms with Gasteiger partial charge in [0, 0.05) is 74.2 Å². The van der Waals surface area contributed by atoms with Gasteiger partial charge in [0.15, 0.2) is 5.78 Å². The third-order valence-corrected chi connectivity index (χ3v) is 12.6. The van der Waals surface area contributed by atoms with E-state index in [1.165, 1.54) is 6.92 Å². The minimum atomic E-state index is -2.06. The summed E-state index contributed by atoms with van der Waals surface area (Å²) in [6, 6.07) is 17.0. The second kappa shape index (κ2) is 15.9. The van der Waals surface area contributed by atoms with Crippen molar-refractivity contribution in [2.75, 3.05) is 13.2 Å². The molecule has 1 aliphatic heterocycles. The average molecular weight is 977 g/mol. The van der Waals surface area contributed by atoms with Crippen LogP contribution < -0.4 is 5.32 Å². The molecule has 11 atom stereocenters. The van der Waals surface area contributed by atoms with Crippen LogP contribution in [0.3, 0.4) is 0 Å². The Morgan fingerprint density at radius 3 is 2.16 bits per heavy atom. The number of Topliss-reactive ketones (excluding diaryl/α,β-unsaturated/α-hetero) is 1. The summed E-state index contributed by atoms with van der Waals surface area (Å²) in [4.78, 5) is 41.7. The summed E-state index contributed by atoms with van der Waals surface area (Å²) in [6.07, 6.45) is -7.43. The zero-order chi connectivity index (χ0) is 39.6. The Kier molecular flexibility index (Phi) is 12.7. The van der Waals surface area contributed by atoms with Gasteiger partial charge in [-0.2, -0.15) is 0 Å². The van der Waals surface area contributed by atoms with Crippen LogP contribution in [0.15, 0.2) is 71.8 Å². The molecule has 3 aliphatic carbocycles. The number of ketones is 1. The first-order chi connectivity index (χ1) is 25.2. The molecule has 1 saturated heterocycles. The molecule has 2 aromatic rings. The van der Waals surface area contributed by atoms with Crippen LogP contribution in [0, 0.1) is 66.7 Å². The molecule has 6 rings (SSSR count). The number of alkyl carbamates (subject to hydrolysis) is 1. The van der Waals surface area contributed by atoms with Gasteiger partial charge >= 0.3 is 12.1 Å². The molecule has 5 N–H and O–H groups in total. The molecule has 1 radical (unpaired) electrons. The van der Waals surface area contributed by atoms with Crippen LogP contribution in [0.2, 0.25) is 0 Å². The largest absolute Gasteiger partial charge is 0.455 e. The Labute approximate surface area is 358 Å². The van der Waals surface area contributed by atoms with Gasteiger partial charge in [-0.15, -0.1) is 0 Å². The van der Waals surface area contributed by atoms with Gasteiger partial charge < -0.3 is 44.7 Å². The number of amides is 1. The van der Waals surface area contributed by atoms with Crippen LogP contribution in [-0.2, 0) is 23.7 Å². The molecular weight excluding hydrogens is 921 g/mol. The maximum absolute atomic E-state index is 14.7. The number of hydrogen-bond donors (Lipinski definition) is 5. The first-order valence-corrected chi connectivity index (χ1v) is 18.8. The average Bonchev–Trinajstić information content (AvgIpc) is 3.11. The Hall–Kier alpha value is -2.21. The maximum Gasteiger partial charge on any atom is 0.408 e. The number of aliphatic hydroxyl groups is 4. The monoisotopic (exact) mass is 976 g/mol. The Bertz CT molecular complexity index is 1780. The number of carbonyl (C=O) groups is 3. The zero-order valence-corrected chi connectivity index (χ0v) is 37.7. The third-order valence-electron chi connectivity index (χ3n) is 12.6. The quantitative estimate of drug-likeness (QED) is 0.187. The molecule has 0 aromatic heterocycles. The SMILES string of the molecule is CC1=C2C(O)C(=O)C3(C)C(O)CC4OCC4(O)C3C(OC(=O)c3ccccc3)C(O)(CC1OCC(C)C(NC(=O)OC(C)(C)C)c1ccccc1)C2(C)C.[Ac]. The summed E-state index contributed by atoms with van der Waals surface area (Å²) in [5, 5.41) is 52.4. The Morgan fingerprint density at radius 2 is 1.60 bits per heavy atom. The van der Waals surface area contributed by atoms with Gasteiger partial charge in [-0.1, -0.05) is 69.3 Å². The third kappa shape index (κ3) is 7.62. The van der Waals surface area contributed by atoms with Crippen LogP contribution in [0.1, 0.15) is 90.2 Å². The number of rotatable bonds is 8. The number of fused-ring (bicyclic) bond motifs is 5. The Morgan fingerprint density at radius 1 is 1.00 bits per heavy atom. The van der Waals surface area contributed by atoms with Gasteiger partial charge in [-0.3, -0.25) is 4.79 Å². The van der Waals surface area contributed by atoms with Crippen molar-refractivity contribution in [3.63, 3.8) is 0 Å². The van der Waals surface area contributed by atoms with E-state index in [0.29, 0.717) is 5.57 Å². The van der Waals surface area contributed by atoms with Crippen molar-refractivity contribution >= 4 is 17.8 Å². The molecule has 2 aromatic carbocycles. The molecule has 12 nitrogen and oxygen atoms in total. The van der Waals surface area contributed by atoms with Gasteiger partial charge in [0.05, 0.1) is 48.5 Å². The number of benzene rings is 2. The van der Waals surface area contributed by atoms with Crippen LogP contribution in [0.5, 0.6) is 0 Å². The summed E-state index contributed by atoms with van der Waals surface area (Å²) < 4.78 is 24.2. The van der Waals surface area contributed by atoms with Crippen LogP contribution in [-0.4, -0.2) is 98.8 Å². The zero-order valence-electron chi connectivity index (χ0n) is 32.9. The van der Waals surface area contributed by atoms with Crippen molar-refractivity contribution in [2.24, 2.45) is 22.7 Å². The van der Waals surface area contributed by atoms with Crippen molar-refractivity contribution in [2.45, 2.75) is 122 Å². The number of hydrogen-bond acceptors (Lipinski definition) is 11. The van der Waals surface area contributed by atoms with Gasteiger partial charge in [0.1, 0.15) is 29.0 Å². The molecular formula is C42H55AcNO11. The standard InChI is InChI=1S/C42H55NO11.Ac/c1-23(31(25-15-11-9-12-16-25)43-37(48)54-38(3,4)5)21-51-27-20-42(50)35(53-36(47)26-17-13-10-14-18-26)33-40(8,28(44)19-29-41(33,49)22-52-29)34(46)32(45)30(24(27)2)39(42,6)7;/h9-18,23,27-29,31-33,35,44-45,49-50H,19-22H2,1-8H3,(H,43,48);. The molecule has 0 spiro atoms. The molecule has 13 heteroatoms. The van der Waals surface area contributed by atoms with E-state index in [9.17, 15) is 34.8 Å². The minimum Gasteiger partial charge on any atom is -0.455 e. The van der Waals surface area contributed by atoms with Gasteiger partial charge in [0.25, 0.3) is 0 Å². The van der Waals surface area contributed by atoms with Crippen LogP contribution >= 0.6 is 0 Å². The summed E-state index contributed by atoms with van der Waals surface area (Å²) in [6.45, 7) is 13.6. The molecule has 297 valence electrons. The van der Waals surface area contributed by atoms with Crippen molar-refractivity contribution in [3.8, 4) is 0 Å². The molecule has 4 aliphatic rings. The van der Waals surface area contributed by atoms with E-state index in [2.05, 4.69) is 5.32 Å². The second-order valence-corrected chi connectivity index (χ2v) is 17.4. The topological polar surface area (TPSA) is 181 Å². The summed E-state index contributed by atoms with van der Waals surface area (Å²) in [5.74, 6) is -3.29. The predicted molar refractivity (Wildman–Crippen MR) is 197 cm³/mol. The summed E-state index contributed by atoms with van der Waals surface area (Å²) >= 11 is 0. The van der Waals surface area contributed by atoms with E-state index in [0.717, 1.165) is 5.56 Å². The van der Waals surface area contributed by atoms with Crippen LogP contribution in [0.25, 0.3) is 0 Å². The van der Waals surface area contributed by atoms with E-state index in [-0.39, 0.29) is 87.2 Å². The first-order valence-electron chi connectivity index (χ1n) is 18.8. The molecule has 3 fully saturated rings. The van der Waals surface area contributed by atoms with Gasteiger partial charge in [-0.25, -0.2) is 9.59 Å². The summed E-state index contributed by atoms with van der Waals surface area (Å²) in [7, 11) is 0. The fourth-order valence-corrected chi connectivity index (χ4v) is 9.44. The molecule has 2 bridgehead atoms. The van der Waals surface area contributed by atoms with Gasteiger partial charge in [-0.05, 0) is 63.5 Å². The van der Waals surface area contributed by atoms with Crippen molar-refractivity contribution in [1.82, 2.24) is 5.32 Å². The van der Waals surface area contributed by atoms with Crippen molar-refractivity contribution in [1.29, 1.82) is 0 Å². The number of carbonyl (C=O) groups excluding carboxylic acids is 3. The minimum absolute atomic E-state index is 0. The first kappa shape index (κ1) is 43.9. The van der Waals surface area contributed by atoms with E-state index in [1.54, 1.807) is 71.9 Å². The van der Waals surface area contributed by atoms with E-state index >= 15 is 0 Å². The second-order valence-electron chi connectivity index (χ2n) is 17.4. The van der Waals surface area contributed by atoms with E-state index in [4.69, 9.17) is 18.9 Å². The van der Waals surface area contributed by atoms with Crippen molar-refractivity contribution < 1.29 is 97.8 Å². The smallest absolute Gasteiger partial charge is 0.408 e. The molecule has 1 amide bonds. The van der Waals surface area contributed by atoms with E-state index in [1.807, 2.05) is 37.3 Å². The molecule has 55 heavy (non-hydrogen) atoms. The van der Waals surface area contributed by atoms with Gasteiger partial charge in [0.2, 0.25) is 0 Å². The van der Waals surface area contributed by atoms with Crippen LogP contribution in [0.4, 0.5) is 4.79 Å². The molecule has 1 heterocycles. The molecule has 11 unspecified atom stereocenters. The number of nitrogens with one attached hydrogen (secondary N) is 1. The summed E-state index contributed by atoms with van der Waals surface area (Å²) in [5.41, 5.74) is -6.13. The Balaban J connectivity index is 0.00000580. The van der Waals surface area contributed by atoms with Crippen molar-refractivity contribution in [3.05, 3.63) is 82.9 Å². The number of aliphatic hydroxyl groups excluding tert-OH is 2. The molecule has 2 saturated carbocycles.